The molecule has 2 unspecified atom stereocenters. The minimum absolute atomic E-state index is 0.00581. The Balaban J connectivity index is 2.02. The van der Waals surface area contributed by atoms with E-state index in [2.05, 4.69) is 4.98 Å². The predicted octanol–water partition coefficient (Wildman–Crippen LogP) is 1.11. The number of nitrogens with zero attached hydrogens (tertiary/aromatic N) is 2. The van der Waals surface area contributed by atoms with Crippen LogP contribution in [0, 0.1) is 18.8 Å². The molecule has 0 saturated carbocycles. The van der Waals surface area contributed by atoms with Crippen molar-refractivity contribution in [2.45, 2.75) is 20.3 Å². The van der Waals surface area contributed by atoms with E-state index in [1.807, 2.05) is 26.0 Å². The molecule has 0 aromatic carbocycles. The van der Waals surface area contributed by atoms with Gasteiger partial charge in [-0.1, -0.05) is 13.0 Å². The van der Waals surface area contributed by atoms with Gasteiger partial charge in [0, 0.05) is 19.3 Å². The lowest BCUT2D eigenvalue weighted by molar-refractivity contribution is -0.142. The van der Waals surface area contributed by atoms with Crippen molar-refractivity contribution in [2.24, 2.45) is 11.8 Å². The lowest BCUT2D eigenvalue weighted by Gasteiger charge is -2.16. The van der Waals surface area contributed by atoms with Crippen LogP contribution in [0.3, 0.4) is 0 Å². The minimum atomic E-state index is -0.822. The third-order valence-corrected chi connectivity index (χ3v) is 3.72. The molecule has 5 heteroatoms. The van der Waals surface area contributed by atoms with E-state index in [-0.39, 0.29) is 18.2 Å². The van der Waals surface area contributed by atoms with Crippen molar-refractivity contribution in [3.63, 3.8) is 0 Å². The maximum Gasteiger partial charge on any atom is 0.308 e. The van der Waals surface area contributed by atoms with Gasteiger partial charge < -0.3 is 10.0 Å². The molecule has 102 valence electrons. The third kappa shape index (κ3) is 2.92. The van der Waals surface area contributed by atoms with Crippen LogP contribution in [0.2, 0.25) is 0 Å². The van der Waals surface area contributed by atoms with Gasteiger partial charge in [0.15, 0.2) is 0 Å². The summed E-state index contributed by atoms with van der Waals surface area (Å²) in [4.78, 5) is 29.1. The highest BCUT2D eigenvalue weighted by Gasteiger charge is 2.36. The van der Waals surface area contributed by atoms with Gasteiger partial charge in [-0.3, -0.25) is 14.6 Å². The standard InChI is InChI=1S/C14H18N2O3/c1-9-4-3-5-15-12(9)6-13(17)16-7-10(2)11(8-16)14(18)19/h3-5,10-11H,6-8H2,1-2H3,(H,18,19). The SMILES string of the molecule is Cc1cccnc1CC(=O)N1CC(C)C(C(=O)O)C1. The Morgan fingerprint density at radius 2 is 2.21 bits per heavy atom. The van der Waals surface area contributed by atoms with E-state index >= 15 is 0 Å². The number of carboxylic acid groups (broad SMARTS) is 1. The van der Waals surface area contributed by atoms with Gasteiger partial charge in [0.2, 0.25) is 5.91 Å². The van der Waals surface area contributed by atoms with Crippen molar-refractivity contribution in [1.29, 1.82) is 0 Å². The second kappa shape index (κ2) is 5.38. The number of carbonyl (C=O) groups excluding carboxylic acids is 1. The Labute approximate surface area is 112 Å². The molecule has 5 nitrogen and oxygen atoms in total. The van der Waals surface area contributed by atoms with Crippen LogP contribution in [0.25, 0.3) is 0 Å². The van der Waals surface area contributed by atoms with Gasteiger partial charge in [0.1, 0.15) is 0 Å². The number of amides is 1. The smallest absolute Gasteiger partial charge is 0.308 e. The van der Waals surface area contributed by atoms with E-state index in [9.17, 15) is 9.59 Å². The number of hydrogen-bond donors (Lipinski definition) is 1. The van der Waals surface area contributed by atoms with Crippen molar-refractivity contribution in [2.75, 3.05) is 13.1 Å². The first-order chi connectivity index (χ1) is 8.99. The number of likely N-dealkylation sites (tertiary alicyclic amines) is 1. The number of hydrogen-bond acceptors (Lipinski definition) is 3. The highest BCUT2D eigenvalue weighted by molar-refractivity contribution is 5.80. The summed E-state index contributed by atoms with van der Waals surface area (Å²) >= 11 is 0. The highest BCUT2D eigenvalue weighted by atomic mass is 16.4. The number of carboxylic acids is 1. The maximum absolute atomic E-state index is 12.2. The van der Waals surface area contributed by atoms with Crippen LogP contribution in [0.15, 0.2) is 18.3 Å². The van der Waals surface area contributed by atoms with E-state index in [1.54, 1.807) is 11.1 Å². The summed E-state index contributed by atoms with van der Waals surface area (Å²) < 4.78 is 0. The van der Waals surface area contributed by atoms with Crippen LogP contribution in [0.1, 0.15) is 18.2 Å². The van der Waals surface area contributed by atoms with Gasteiger partial charge in [-0.05, 0) is 24.5 Å². The average Bonchev–Trinajstić information content (AvgIpc) is 2.74. The first-order valence-electron chi connectivity index (χ1n) is 6.40. The molecule has 1 aliphatic heterocycles. The quantitative estimate of drug-likeness (QED) is 0.886. The Hall–Kier alpha value is -1.91. The molecular weight excluding hydrogens is 244 g/mol. The molecule has 0 spiro atoms. The number of pyridine rings is 1. The Bertz CT molecular complexity index is 501. The zero-order valence-corrected chi connectivity index (χ0v) is 11.2. The van der Waals surface area contributed by atoms with Crippen molar-refractivity contribution < 1.29 is 14.7 Å². The average molecular weight is 262 g/mol. The zero-order valence-electron chi connectivity index (χ0n) is 11.2. The van der Waals surface area contributed by atoms with Crippen molar-refractivity contribution in [1.82, 2.24) is 9.88 Å². The normalized spacial score (nSPS) is 22.5. The summed E-state index contributed by atoms with van der Waals surface area (Å²) in [6.07, 6.45) is 1.91. The number of aromatic nitrogens is 1. The van der Waals surface area contributed by atoms with E-state index < -0.39 is 11.9 Å². The Morgan fingerprint density at radius 1 is 1.47 bits per heavy atom. The Morgan fingerprint density at radius 3 is 2.79 bits per heavy atom. The first kappa shape index (κ1) is 13.5. The van der Waals surface area contributed by atoms with E-state index in [1.165, 1.54) is 0 Å². The molecule has 0 bridgehead atoms. The molecule has 2 heterocycles. The van der Waals surface area contributed by atoms with E-state index in [4.69, 9.17) is 5.11 Å². The third-order valence-electron chi connectivity index (χ3n) is 3.72. The van der Waals surface area contributed by atoms with Crippen molar-refractivity contribution in [3.8, 4) is 0 Å². The molecular formula is C14H18N2O3. The lowest BCUT2D eigenvalue weighted by Crippen LogP contribution is -2.31. The molecule has 1 saturated heterocycles. The lowest BCUT2D eigenvalue weighted by atomic mass is 9.99. The summed E-state index contributed by atoms with van der Waals surface area (Å²) in [7, 11) is 0. The number of carbonyl (C=O) groups is 2. The Kier molecular flexibility index (Phi) is 3.83. The number of aliphatic carboxylic acids is 1. The van der Waals surface area contributed by atoms with Crippen LogP contribution >= 0.6 is 0 Å². The molecule has 1 fully saturated rings. The summed E-state index contributed by atoms with van der Waals surface area (Å²) in [5, 5.41) is 9.07. The van der Waals surface area contributed by atoms with Gasteiger partial charge in [-0.25, -0.2) is 0 Å². The highest BCUT2D eigenvalue weighted by Crippen LogP contribution is 2.23. The van der Waals surface area contributed by atoms with Crippen molar-refractivity contribution in [3.05, 3.63) is 29.6 Å². The number of aryl methyl sites for hydroxylation is 1. The summed E-state index contributed by atoms with van der Waals surface area (Å²) in [5.41, 5.74) is 1.75. The molecule has 0 aliphatic carbocycles. The summed E-state index contributed by atoms with van der Waals surface area (Å²) in [5.74, 6) is -1.31. The molecule has 2 rings (SSSR count). The zero-order chi connectivity index (χ0) is 14.0. The molecule has 19 heavy (non-hydrogen) atoms. The van der Waals surface area contributed by atoms with Gasteiger partial charge >= 0.3 is 5.97 Å². The van der Waals surface area contributed by atoms with Gasteiger partial charge in [0.05, 0.1) is 18.0 Å². The second-order valence-electron chi connectivity index (χ2n) is 5.16. The van der Waals surface area contributed by atoms with Crippen LogP contribution in [-0.4, -0.2) is 40.0 Å². The molecule has 1 amide bonds. The van der Waals surface area contributed by atoms with E-state index in [0.29, 0.717) is 13.1 Å². The molecule has 0 radical (unpaired) electrons. The monoisotopic (exact) mass is 262 g/mol. The van der Waals surface area contributed by atoms with Crippen LogP contribution in [0.5, 0.6) is 0 Å². The predicted molar refractivity (Wildman–Crippen MR) is 69.5 cm³/mol. The number of rotatable bonds is 3. The molecule has 2 atom stereocenters. The van der Waals surface area contributed by atoms with E-state index in [0.717, 1.165) is 11.3 Å². The van der Waals surface area contributed by atoms with Gasteiger partial charge in [0.25, 0.3) is 0 Å². The minimum Gasteiger partial charge on any atom is -0.481 e. The maximum atomic E-state index is 12.2. The fraction of sp³-hybridized carbons (Fsp3) is 0.500. The molecule has 1 aliphatic rings. The molecule has 1 N–H and O–H groups in total. The van der Waals surface area contributed by atoms with Gasteiger partial charge in [-0.2, -0.15) is 0 Å². The largest absolute Gasteiger partial charge is 0.481 e. The first-order valence-corrected chi connectivity index (χ1v) is 6.40. The van der Waals surface area contributed by atoms with Gasteiger partial charge in [-0.15, -0.1) is 0 Å². The van der Waals surface area contributed by atoms with Crippen LogP contribution in [0.4, 0.5) is 0 Å². The fourth-order valence-electron chi connectivity index (χ4n) is 2.45. The van der Waals surface area contributed by atoms with Crippen LogP contribution < -0.4 is 0 Å². The molecule has 1 aromatic heterocycles. The molecule has 1 aromatic rings. The summed E-state index contributed by atoms with van der Waals surface area (Å²) in [6, 6.07) is 3.75. The topological polar surface area (TPSA) is 70.5 Å². The summed E-state index contributed by atoms with van der Waals surface area (Å²) in [6.45, 7) is 4.61. The van der Waals surface area contributed by atoms with Crippen LogP contribution in [-0.2, 0) is 16.0 Å². The fourth-order valence-corrected chi connectivity index (χ4v) is 2.45. The van der Waals surface area contributed by atoms with Crippen molar-refractivity contribution >= 4 is 11.9 Å². The second-order valence-corrected chi connectivity index (χ2v) is 5.16.